The molecule has 1 atom stereocenters. The van der Waals surface area contributed by atoms with E-state index in [1.165, 1.54) is 30.4 Å². The lowest BCUT2D eigenvalue weighted by Crippen LogP contribution is -2.40. The second-order valence-corrected chi connectivity index (χ2v) is 4.96. The zero-order valence-electron chi connectivity index (χ0n) is 10.9. The number of carbonyl (C=O) groups excluding carboxylic acids is 1. The number of hydrogen-bond acceptors (Lipinski definition) is 2. The summed E-state index contributed by atoms with van der Waals surface area (Å²) in [5.41, 5.74) is 0.631. The molecule has 0 aliphatic heterocycles. The molecule has 104 valence electrons. The van der Waals surface area contributed by atoms with E-state index in [0.717, 1.165) is 0 Å². The van der Waals surface area contributed by atoms with Crippen LogP contribution in [0, 0.1) is 11.7 Å². The number of benzene rings is 1. The molecule has 0 aliphatic carbocycles. The van der Waals surface area contributed by atoms with Gasteiger partial charge in [-0.3, -0.25) is 4.79 Å². The molecule has 5 heteroatoms. The van der Waals surface area contributed by atoms with Crippen LogP contribution in [0.3, 0.4) is 0 Å². The highest BCUT2D eigenvalue weighted by Gasteiger charge is 2.13. The summed E-state index contributed by atoms with van der Waals surface area (Å²) in [6.45, 7) is 3.70. The molecule has 0 saturated heterocycles. The van der Waals surface area contributed by atoms with Crippen molar-refractivity contribution in [2.75, 3.05) is 6.61 Å². The van der Waals surface area contributed by atoms with Gasteiger partial charge in [-0.15, -0.1) is 0 Å². The Bertz CT molecular complexity index is 475. The summed E-state index contributed by atoms with van der Waals surface area (Å²) in [4.78, 5) is 11.6. The molecule has 0 heterocycles. The molecule has 0 radical (unpaired) electrons. The summed E-state index contributed by atoms with van der Waals surface area (Å²) in [6.07, 6.45) is 2.87. The molecule has 0 aromatic heterocycles. The third-order valence-corrected chi connectivity index (χ3v) is 2.99. The molecule has 1 rings (SSSR count). The topological polar surface area (TPSA) is 49.3 Å². The highest BCUT2D eigenvalue weighted by Crippen LogP contribution is 2.16. The van der Waals surface area contributed by atoms with E-state index < -0.39 is 5.82 Å². The highest BCUT2D eigenvalue weighted by atomic mass is 35.5. The van der Waals surface area contributed by atoms with E-state index in [1.54, 1.807) is 0 Å². The molecule has 1 unspecified atom stereocenters. The Balaban J connectivity index is 2.65. The smallest absolute Gasteiger partial charge is 0.244 e. The Labute approximate surface area is 117 Å². The van der Waals surface area contributed by atoms with Crippen molar-refractivity contribution in [3.8, 4) is 0 Å². The van der Waals surface area contributed by atoms with Crippen molar-refractivity contribution in [3.63, 3.8) is 0 Å². The lowest BCUT2D eigenvalue weighted by atomic mass is 10.1. The number of amides is 1. The predicted molar refractivity (Wildman–Crippen MR) is 74.3 cm³/mol. The Morgan fingerprint density at radius 2 is 2.21 bits per heavy atom. The maximum atomic E-state index is 12.9. The van der Waals surface area contributed by atoms with Crippen LogP contribution in [0.25, 0.3) is 6.08 Å². The van der Waals surface area contributed by atoms with Gasteiger partial charge in [-0.05, 0) is 29.7 Å². The van der Waals surface area contributed by atoms with E-state index in [0.29, 0.717) is 5.56 Å². The Morgan fingerprint density at radius 1 is 1.53 bits per heavy atom. The van der Waals surface area contributed by atoms with Crippen LogP contribution in [0.1, 0.15) is 19.4 Å². The summed E-state index contributed by atoms with van der Waals surface area (Å²) >= 11 is 5.63. The van der Waals surface area contributed by atoms with Crippen LogP contribution in [0.4, 0.5) is 4.39 Å². The largest absolute Gasteiger partial charge is 0.394 e. The van der Waals surface area contributed by atoms with E-state index in [2.05, 4.69) is 5.32 Å². The van der Waals surface area contributed by atoms with E-state index in [1.807, 2.05) is 13.8 Å². The molecule has 2 N–H and O–H groups in total. The van der Waals surface area contributed by atoms with E-state index in [-0.39, 0.29) is 29.5 Å². The Kier molecular flexibility index (Phi) is 5.99. The van der Waals surface area contributed by atoms with Crippen molar-refractivity contribution in [1.29, 1.82) is 0 Å². The molecule has 0 aliphatic rings. The zero-order chi connectivity index (χ0) is 14.4. The molecule has 0 bridgehead atoms. The summed E-state index contributed by atoms with van der Waals surface area (Å²) in [6, 6.07) is 3.92. The first-order valence-corrected chi connectivity index (χ1v) is 6.36. The second kappa shape index (κ2) is 7.26. The van der Waals surface area contributed by atoms with Gasteiger partial charge >= 0.3 is 0 Å². The molecule has 3 nitrogen and oxygen atoms in total. The van der Waals surface area contributed by atoms with Crippen LogP contribution < -0.4 is 5.32 Å². The van der Waals surface area contributed by atoms with Crippen LogP contribution in [-0.2, 0) is 4.79 Å². The van der Waals surface area contributed by atoms with Crippen LogP contribution >= 0.6 is 11.6 Å². The van der Waals surface area contributed by atoms with Crippen LogP contribution in [0.5, 0.6) is 0 Å². The number of rotatable bonds is 5. The number of aliphatic hydroxyl groups excluding tert-OH is 1. The van der Waals surface area contributed by atoms with Gasteiger partial charge in [0.2, 0.25) is 5.91 Å². The molecule has 0 saturated carbocycles. The third-order valence-electron chi connectivity index (χ3n) is 2.70. The van der Waals surface area contributed by atoms with Gasteiger partial charge in [-0.25, -0.2) is 4.39 Å². The molecule has 1 aromatic rings. The SMILES string of the molecule is CC(C)C(CO)NC(=O)C=Cc1ccc(F)c(Cl)c1. The highest BCUT2D eigenvalue weighted by molar-refractivity contribution is 6.30. The van der Waals surface area contributed by atoms with Crippen molar-refractivity contribution >= 4 is 23.6 Å². The fourth-order valence-electron chi connectivity index (χ4n) is 1.44. The van der Waals surface area contributed by atoms with Crippen LogP contribution in [0.2, 0.25) is 5.02 Å². The maximum Gasteiger partial charge on any atom is 0.244 e. The lowest BCUT2D eigenvalue weighted by molar-refractivity contribution is -0.117. The fourth-order valence-corrected chi connectivity index (χ4v) is 1.63. The zero-order valence-corrected chi connectivity index (χ0v) is 11.6. The number of aliphatic hydroxyl groups is 1. The molecule has 0 fully saturated rings. The minimum Gasteiger partial charge on any atom is -0.394 e. The maximum absolute atomic E-state index is 12.9. The van der Waals surface area contributed by atoms with Crippen molar-refractivity contribution in [1.82, 2.24) is 5.32 Å². The van der Waals surface area contributed by atoms with Gasteiger partial charge in [0.05, 0.1) is 17.7 Å². The number of halogens is 2. The molecular weight excluding hydrogens is 269 g/mol. The molecule has 1 aromatic carbocycles. The number of nitrogens with one attached hydrogen (secondary N) is 1. The van der Waals surface area contributed by atoms with Gasteiger partial charge in [0.15, 0.2) is 0 Å². The molecule has 19 heavy (non-hydrogen) atoms. The van der Waals surface area contributed by atoms with Crippen molar-refractivity contribution in [3.05, 3.63) is 40.7 Å². The normalized spacial score (nSPS) is 12.9. The minimum atomic E-state index is -0.497. The van der Waals surface area contributed by atoms with E-state index in [9.17, 15) is 9.18 Å². The number of carbonyl (C=O) groups is 1. The summed E-state index contributed by atoms with van der Waals surface area (Å²) in [5, 5.41) is 11.8. The van der Waals surface area contributed by atoms with Crippen LogP contribution in [-0.4, -0.2) is 23.7 Å². The quantitative estimate of drug-likeness (QED) is 0.817. The van der Waals surface area contributed by atoms with Crippen molar-refractivity contribution in [2.24, 2.45) is 5.92 Å². The summed E-state index contributed by atoms with van der Waals surface area (Å²) in [7, 11) is 0. The average Bonchev–Trinajstić information content (AvgIpc) is 2.37. The van der Waals surface area contributed by atoms with E-state index in [4.69, 9.17) is 16.7 Å². The lowest BCUT2D eigenvalue weighted by Gasteiger charge is -2.18. The van der Waals surface area contributed by atoms with Crippen LogP contribution in [0.15, 0.2) is 24.3 Å². The summed E-state index contributed by atoms with van der Waals surface area (Å²) < 4.78 is 12.9. The molecule has 1 amide bonds. The summed E-state index contributed by atoms with van der Waals surface area (Å²) in [5.74, 6) is -0.667. The van der Waals surface area contributed by atoms with Crippen molar-refractivity contribution < 1.29 is 14.3 Å². The monoisotopic (exact) mass is 285 g/mol. The van der Waals surface area contributed by atoms with Gasteiger partial charge in [0.1, 0.15) is 5.82 Å². The van der Waals surface area contributed by atoms with E-state index >= 15 is 0 Å². The number of hydrogen-bond donors (Lipinski definition) is 2. The third kappa shape index (κ3) is 5.01. The first-order chi connectivity index (χ1) is 8.93. The van der Waals surface area contributed by atoms with Gasteiger partial charge in [0, 0.05) is 6.08 Å². The molecule has 0 spiro atoms. The standard InChI is InChI=1S/C14H17ClFNO2/c1-9(2)13(8-18)17-14(19)6-4-10-3-5-12(16)11(15)7-10/h3-7,9,13,18H,8H2,1-2H3,(H,17,19). The fraction of sp³-hybridized carbons (Fsp3) is 0.357. The van der Waals surface area contributed by atoms with Gasteiger partial charge in [-0.2, -0.15) is 0 Å². The second-order valence-electron chi connectivity index (χ2n) is 4.55. The minimum absolute atomic E-state index is 0.0120. The molecular formula is C14H17ClFNO2. The van der Waals surface area contributed by atoms with Gasteiger partial charge < -0.3 is 10.4 Å². The Hall–Kier alpha value is -1.39. The average molecular weight is 286 g/mol. The van der Waals surface area contributed by atoms with Gasteiger partial charge in [-0.1, -0.05) is 31.5 Å². The first kappa shape index (κ1) is 15.7. The first-order valence-electron chi connectivity index (χ1n) is 5.98. The van der Waals surface area contributed by atoms with Crippen molar-refractivity contribution in [2.45, 2.75) is 19.9 Å². The van der Waals surface area contributed by atoms with Gasteiger partial charge in [0.25, 0.3) is 0 Å². The Morgan fingerprint density at radius 3 is 2.74 bits per heavy atom. The predicted octanol–water partition coefficient (Wildman–Crippen LogP) is 2.63.